The van der Waals surface area contributed by atoms with Crippen LogP contribution in [0.4, 0.5) is 0 Å². The zero-order chi connectivity index (χ0) is 12.8. The Morgan fingerprint density at radius 2 is 2.17 bits per heavy atom. The fourth-order valence-corrected chi connectivity index (χ4v) is 2.09. The van der Waals surface area contributed by atoms with E-state index in [0.29, 0.717) is 25.1 Å². The van der Waals surface area contributed by atoms with Crippen LogP contribution in [0.15, 0.2) is 30.3 Å². The Hall–Kier alpha value is -1.35. The van der Waals surface area contributed by atoms with E-state index in [9.17, 15) is 4.79 Å². The van der Waals surface area contributed by atoms with Crippen LogP contribution in [0, 0.1) is 0 Å². The minimum atomic E-state index is -0.137. The quantitative estimate of drug-likeness (QED) is 0.594. The Kier molecular flexibility index (Phi) is 4.76. The molecule has 0 radical (unpaired) electrons. The first-order valence-corrected chi connectivity index (χ1v) is 6.75. The lowest BCUT2D eigenvalue weighted by Gasteiger charge is -2.05. The number of hydrogen-bond donors (Lipinski definition) is 1. The first kappa shape index (κ1) is 13.1. The third-order valence-corrected chi connectivity index (χ3v) is 3.29. The average Bonchev–Trinajstić information content (AvgIpc) is 3.17. The van der Waals surface area contributed by atoms with Crippen LogP contribution in [0.2, 0.25) is 0 Å². The molecule has 0 bridgehead atoms. The SMILES string of the molecule is CCCCOC(=O)CNC1CC1c1ccccc1. The highest BCUT2D eigenvalue weighted by Gasteiger charge is 2.37. The van der Waals surface area contributed by atoms with Crippen molar-refractivity contribution >= 4 is 5.97 Å². The van der Waals surface area contributed by atoms with Crippen molar-refractivity contribution in [3.05, 3.63) is 35.9 Å². The predicted octanol–water partition coefficient (Wildman–Crippen LogP) is 2.48. The van der Waals surface area contributed by atoms with Gasteiger partial charge in [-0.1, -0.05) is 43.7 Å². The number of hydrogen-bond acceptors (Lipinski definition) is 3. The van der Waals surface area contributed by atoms with Crippen LogP contribution >= 0.6 is 0 Å². The van der Waals surface area contributed by atoms with Crippen molar-refractivity contribution in [1.82, 2.24) is 5.32 Å². The van der Waals surface area contributed by atoms with Crippen molar-refractivity contribution in [1.29, 1.82) is 0 Å². The van der Waals surface area contributed by atoms with Gasteiger partial charge in [0.2, 0.25) is 0 Å². The molecule has 2 atom stereocenters. The van der Waals surface area contributed by atoms with Gasteiger partial charge in [0.25, 0.3) is 0 Å². The summed E-state index contributed by atoms with van der Waals surface area (Å²) in [5.74, 6) is 0.428. The molecule has 1 saturated carbocycles. The second-order valence-corrected chi connectivity index (χ2v) is 4.81. The summed E-state index contributed by atoms with van der Waals surface area (Å²) >= 11 is 0. The van der Waals surface area contributed by atoms with Crippen molar-refractivity contribution in [2.45, 2.75) is 38.1 Å². The van der Waals surface area contributed by atoms with E-state index in [1.54, 1.807) is 0 Å². The van der Waals surface area contributed by atoms with E-state index in [1.165, 1.54) is 5.56 Å². The van der Waals surface area contributed by atoms with Crippen LogP contribution in [0.25, 0.3) is 0 Å². The number of carbonyl (C=O) groups is 1. The van der Waals surface area contributed by atoms with E-state index in [2.05, 4.69) is 36.5 Å². The molecule has 0 saturated heterocycles. The van der Waals surface area contributed by atoms with Gasteiger partial charge in [-0.05, 0) is 18.4 Å². The smallest absolute Gasteiger partial charge is 0.319 e. The van der Waals surface area contributed by atoms with Crippen molar-refractivity contribution < 1.29 is 9.53 Å². The zero-order valence-electron chi connectivity index (χ0n) is 10.9. The van der Waals surface area contributed by atoms with Gasteiger partial charge in [0.15, 0.2) is 0 Å². The maximum Gasteiger partial charge on any atom is 0.319 e. The number of esters is 1. The minimum Gasteiger partial charge on any atom is -0.465 e. The molecule has 0 aromatic heterocycles. The van der Waals surface area contributed by atoms with Crippen LogP contribution in [0.3, 0.4) is 0 Å². The molecule has 1 aliphatic rings. The molecule has 0 spiro atoms. The molecule has 1 N–H and O–H groups in total. The Bertz CT molecular complexity index is 377. The number of unbranched alkanes of at least 4 members (excludes halogenated alkanes) is 1. The van der Waals surface area contributed by atoms with Gasteiger partial charge in [0, 0.05) is 12.0 Å². The van der Waals surface area contributed by atoms with Gasteiger partial charge in [0.05, 0.1) is 13.2 Å². The molecule has 0 aliphatic heterocycles. The summed E-state index contributed by atoms with van der Waals surface area (Å²) in [6.45, 7) is 2.96. The number of benzene rings is 1. The normalized spacial score (nSPS) is 21.6. The summed E-state index contributed by atoms with van der Waals surface area (Å²) in [4.78, 5) is 11.4. The molecule has 3 nitrogen and oxygen atoms in total. The van der Waals surface area contributed by atoms with Crippen LogP contribution in [-0.2, 0) is 9.53 Å². The highest BCUT2D eigenvalue weighted by Crippen LogP contribution is 2.40. The highest BCUT2D eigenvalue weighted by atomic mass is 16.5. The second kappa shape index (κ2) is 6.55. The lowest BCUT2D eigenvalue weighted by atomic mass is 10.1. The van der Waals surface area contributed by atoms with Crippen LogP contribution in [-0.4, -0.2) is 25.2 Å². The summed E-state index contributed by atoms with van der Waals surface area (Å²) in [7, 11) is 0. The van der Waals surface area contributed by atoms with E-state index in [1.807, 2.05) is 6.07 Å². The first-order valence-electron chi connectivity index (χ1n) is 6.75. The van der Waals surface area contributed by atoms with E-state index >= 15 is 0 Å². The standard InChI is InChI=1S/C15H21NO2/c1-2-3-9-18-15(17)11-16-14-10-13(14)12-7-5-4-6-8-12/h4-8,13-14,16H,2-3,9-11H2,1H3. The Labute approximate surface area is 109 Å². The van der Waals surface area contributed by atoms with E-state index in [-0.39, 0.29) is 5.97 Å². The van der Waals surface area contributed by atoms with Crippen LogP contribution in [0.5, 0.6) is 0 Å². The fourth-order valence-electron chi connectivity index (χ4n) is 2.09. The minimum absolute atomic E-state index is 0.137. The molecule has 1 aromatic rings. The predicted molar refractivity (Wildman–Crippen MR) is 71.5 cm³/mol. The third-order valence-electron chi connectivity index (χ3n) is 3.29. The molecule has 98 valence electrons. The first-order chi connectivity index (χ1) is 8.81. The monoisotopic (exact) mass is 247 g/mol. The van der Waals surface area contributed by atoms with Crippen molar-refractivity contribution in [3.8, 4) is 0 Å². The van der Waals surface area contributed by atoms with Gasteiger partial charge in [0.1, 0.15) is 0 Å². The molecule has 18 heavy (non-hydrogen) atoms. The summed E-state index contributed by atoms with van der Waals surface area (Å²) in [6, 6.07) is 10.9. The lowest BCUT2D eigenvalue weighted by Crippen LogP contribution is -2.27. The van der Waals surface area contributed by atoms with Gasteiger partial charge >= 0.3 is 5.97 Å². The summed E-state index contributed by atoms with van der Waals surface area (Å²) in [6.07, 6.45) is 3.12. The topological polar surface area (TPSA) is 38.3 Å². The van der Waals surface area contributed by atoms with Crippen molar-refractivity contribution in [2.24, 2.45) is 0 Å². The van der Waals surface area contributed by atoms with Gasteiger partial charge < -0.3 is 10.1 Å². The van der Waals surface area contributed by atoms with Crippen molar-refractivity contribution in [2.75, 3.05) is 13.2 Å². The lowest BCUT2D eigenvalue weighted by molar-refractivity contribution is -0.142. The number of nitrogens with one attached hydrogen (secondary N) is 1. The molecule has 1 aliphatic carbocycles. The maximum atomic E-state index is 11.4. The Morgan fingerprint density at radius 1 is 1.39 bits per heavy atom. The van der Waals surface area contributed by atoms with E-state index in [0.717, 1.165) is 19.3 Å². The molecule has 0 heterocycles. The largest absolute Gasteiger partial charge is 0.465 e. The van der Waals surface area contributed by atoms with Crippen molar-refractivity contribution in [3.63, 3.8) is 0 Å². The number of carbonyl (C=O) groups excluding carboxylic acids is 1. The summed E-state index contributed by atoms with van der Waals surface area (Å²) in [5, 5.41) is 3.26. The number of rotatable bonds is 7. The number of ether oxygens (including phenoxy) is 1. The molecule has 0 amide bonds. The van der Waals surface area contributed by atoms with Crippen LogP contribution < -0.4 is 5.32 Å². The van der Waals surface area contributed by atoms with Gasteiger partial charge in [-0.3, -0.25) is 4.79 Å². The second-order valence-electron chi connectivity index (χ2n) is 4.81. The maximum absolute atomic E-state index is 11.4. The molecular weight excluding hydrogens is 226 g/mol. The average molecular weight is 247 g/mol. The van der Waals surface area contributed by atoms with Gasteiger partial charge in [-0.2, -0.15) is 0 Å². The van der Waals surface area contributed by atoms with Crippen LogP contribution in [0.1, 0.15) is 37.7 Å². The van der Waals surface area contributed by atoms with Gasteiger partial charge in [-0.15, -0.1) is 0 Å². The molecule has 1 fully saturated rings. The summed E-state index contributed by atoms with van der Waals surface area (Å²) < 4.78 is 5.10. The molecule has 3 heteroatoms. The molecule has 2 unspecified atom stereocenters. The van der Waals surface area contributed by atoms with Gasteiger partial charge in [-0.25, -0.2) is 0 Å². The molecule has 1 aromatic carbocycles. The molecular formula is C15H21NO2. The molecule has 2 rings (SSSR count). The van der Waals surface area contributed by atoms with E-state index in [4.69, 9.17) is 4.74 Å². The fraction of sp³-hybridized carbons (Fsp3) is 0.533. The highest BCUT2D eigenvalue weighted by molar-refractivity contribution is 5.71. The third kappa shape index (κ3) is 3.84. The zero-order valence-corrected chi connectivity index (χ0v) is 10.9. The summed E-state index contributed by atoms with van der Waals surface area (Å²) in [5.41, 5.74) is 1.36. The Balaban J connectivity index is 1.63. The van der Waals surface area contributed by atoms with E-state index < -0.39 is 0 Å². The Morgan fingerprint density at radius 3 is 2.89 bits per heavy atom.